The molecule has 0 saturated carbocycles. The van der Waals surface area contributed by atoms with Gasteiger partial charge < -0.3 is 14.2 Å². The first-order valence-electron chi connectivity index (χ1n) is 11.1. The summed E-state index contributed by atoms with van der Waals surface area (Å²) in [5.74, 6) is -3.17. The normalized spacial score (nSPS) is 18.7. The summed E-state index contributed by atoms with van der Waals surface area (Å²) in [7, 11) is 0. The Morgan fingerprint density at radius 1 is 0.939 bits per heavy atom. The second kappa shape index (κ2) is 9.68. The molecule has 0 bridgehead atoms. The lowest BCUT2D eigenvalue weighted by Crippen LogP contribution is -2.44. The summed E-state index contributed by atoms with van der Waals surface area (Å²) in [5.41, 5.74) is 2.07. The molecule has 2 aromatic rings. The molecule has 1 saturated heterocycles. The van der Waals surface area contributed by atoms with Gasteiger partial charge in [0.2, 0.25) is 0 Å². The van der Waals surface area contributed by atoms with Crippen LogP contribution in [0.15, 0.2) is 60.7 Å². The molecule has 2 aliphatic rings. The Morgan fingerprint density at radius 3 is 1.88 bits per heavy atom. The van der Waals surface area contributed by atoms with E-state index in [0.29, 0.717) is 35.5 Å². The average Bonchev–Trinajstić information content (AvgIpc) is 3.37. The molecule has 172 valence electrons. The molecule has 7 nitrogen and oxygen atoms in total. The lowest BCUT2D eigenvalue weighted by Gasteiger charge is -2.31. The molecule has 2 aliphatic heterocycles. The molecule has 0 radical (unpaired) electrons. The van der Waals surface area contributed by atoms with Crippen LogP contribution in [0, 0.1) is 5.92 Å². The summed E-state index contributed by atoms with van der Waals surface area (Å²) in [6.07, 6.45) is 0.164. The van der Waals surface area contributed by atoms with E-state index in [-0.39, 0.29) is 31.4 Å². The van der Waals surface area contributed by atoms with E-state index in [4.69, 9.17) is 14.2 Å². The van der Waals surface area contributed by atoms with Crippen LogP contribution in [-0.4, -0.2) is 54.8 Å². The van der Waals surface area contributed by atoms with Gasteiger partial charge in [-0.05, 0) is 31.4 Å². The standard InChI is InChI=1S/C26H27NO6/c1-3-31-25(30)20(26(2)32-16-17-33-26)14-15-27-23(28)21(18-10-6-4-7-11-18)22(24(27)29)19-12-8-5-9-13-19/h4-13,20H,3,14-17H2,1-2H3. The van der Waals surface area contributed by atoms with Gasteiger partial charge in [0.1, 0.15) is 5.92 Å². The second-order valence-corrected chi connectivity index (χ2v) is 8.05. The third-order valence-corrected chi connectivity index (χ3v) is 6.00. The first-order valence-corrected chi connectivity index (χ1v) is 11.1. The van der Waals surface area contributed by atoms with E-state index in [0.717, 1.165) is 0 Å². The van der Waals surface area contributed by atoms with Crippen LogP contribution in [0.2, 0.25) is 0 Å². The third-order valence-electron chi connectivity index (χ3n) is 6.00. The van der Waals surface area contributed by atoms with Crippen LogP contribution in [0.1, 0.15) is 31.4 Å². The van der Waals surface area contributed by atoms with Gasteiger partial charge in [0.25, 0.3) is 11.8 Å². The Bertz CT molecular complexity index is 995. The second-order valence-electron chi connectivity index (χ2n) is 8.05. The first kappa shape index (κ1) is 22.9. The maximum Gasteiger partial charge on any atom is 0.314 e. The molecular formula is C26H27NO6. The van der Waals surface area contributed by atoms with Crippen molar-refractivity contribution >= 4 is 28.9 Å². The molecule has 0 aliphatic carbocycles. The van der Waals surface area contributed by atoms with Crippen LogP contribution in [0.3, 0.4) is 0 Å². The lowest BCUT2D eigenvalue weighted by atomic mass is 9.95. The lowest BCUT2D eigenvalue weighted by molar-refractivity contribution is -0.202. The van der Waals surface area contributed by atoms with Crippen molar-refractivity contribution in [3.63, 3.8) is 0 Å². The van der Waals surface area contributed by atoms with E-state index in [1.165, 1.54) is 4.90 Å². The zero-order chi connectivity index (χ0) is 23.4. The van der Waals surface area contributed by atoms with Crippen molar-refractivity contribution in [1.29, 1.82) is 0 Å². The Morgan fingerprint density at radius 2 is 1.42 bits per heavy atom. The highest BCUT2D eigenvalue weighted by molar-refractivity contribution is 6.48. The zero-order valence-electron chi connectivity index (χ0n) is 18.8. The number of imide groups is 1. The molecule has 1 unspecified atom stereocenters. The maximum atomic E-state index is 13.5. The van der Waals surface area contributed by atoms with Crippen molar-refractivity contribution < 1.29 is 28.6 Å². The number of hydrogen-bond acceptors (Lipinski definition) is 6. The molecule has 2 heterocycles. The van der Waals surface area contributed by atoms with Gasteiger partial charge in [0.15, 0.2) is 5.79 Å². The smallest absolute Gasteiger partial charge is 0.314 e. The van der Waals surface area contributed by atoms with Gasteiger partial charge in [-0.25, -0.2) is 0 Å². The number of carbonyl (C=O) groups excluding carboxylic acids is 3. The fourth-order valence-corrected chi connectivity index (χ4v) is 4.35. The molecule has 0 spiro atoms. The van der Waals surface area contributed by atoms with Crippen LogP contribution < -0.4 is 0 Å². The van der Waals surface area contributed by atoms with Gasteiger partial charge in [-0.2, -0.15) is 0 Å². The fraction of sp³-hybridized carbons (Fsp3) is 0.346. The predicted octanol–water partition coefficient (Wildman–Crippen LogP) is 3.30. The van der Waals surface area contributed by atoms with E-state index in [2.05, 4.69) is 0 Å². The van der Waals surface area contributed by atoms with Gasteiger partial charge in [-0.1, -0.05) is 60.7 Å². The average molecular weight is 450 g/mol. The van der Waals surface area contributed by atoms with E-state index >= 15 is 0 Å². The van der Waals surface area contributed by atoms with Crippen molar-refractivity contribution in [2.24, 2.45) is 5.92 Å². The summed E-state index contributed by atoms with van der Waals surface area (Å²) in [6.45, 7) is 4.40. The monoisotopic (exact) mass is 449 g/mol. The minimum Gasteiger partial charge on any atom is -0.466 e. The molecule has 33 heavy (non-hydrogen) atoms. The number of carbonyl (C=O) groups is 3. The zero-order valence-corrected chi connectivity index (χ0v) is 18.8. The highest BCUT2D eigenvalue weighted by atomic mass is 16.7. The van der Waals surface area contributed by atoms with Crippen molar-refractivity contribution in [3.05, 3.63) is 71.8 Å². The van der Waals surface area contributed by atoms with Crippen LogP contribution in [-0.2, 0) is 28.6 Å². The van der Waals surface area contributed by atoms with E-state index in [1.54, 1.807) is 13.8 Å². The van der Waals surface area contributed by atoms with Crippen molar-refractivity contribution in [2.45, 2.75) is 26.1 Å². The number of hydrogen-bond donors (Lipinski definition) is 0. The number of ether oxygens (including phenoxy) is 3. The SMILES string of the molecule is CCOC(=O)C(CCN1C(=O)C(c2ccccc2)=C(c2ccccc2)C1=O)C1(C)OCCO1. The first-order chi connectivity index (χ1) is 16.0. The highest BCUT2D eigenvalue weighted by Crippen LogP contribution is 2.37. The summed E-state index contributed by atoms with van der Waals surface area (Å²) >= 11 is 0. The topological polar surface area (TPSA) is 82.1 Å². The largest absolute Gasteiger partial charge is 0.466 e. The van der Waals surface area contributed by atoms with Gasteiger partial charge in [-0.3, -0.25) is 19.3 Å². The number of benzene rings is 2. The van der Waals surface area contributed by atoms with Crippen LogP contribution in [0.5, 0.6) is 0 Å². The van der Waals surface area contributed by atoms with Gasteiger partial charge >= 0.3 is 5.97 Å². The predicted molar refractivity (Wildman–Crippen MR) is 121 cm³/mol. The molecular weight excluding hydrogens is 422 g/mol. The molecule has 0 aromatic heterocycles. The number of amides is 2. The molecule has 7 heteroatoms. The van der Waals surface area contributed by atoms with Crippen LogP contribution in [0.25, 0.3) is 11.1 Å². The van der Waals surface area contributed by atoms with E-state index in [1.807, 2.05) is 60.7 Å². The van der Waals surface area contributed by atoms with Crippen LogP contribution >= 0.6 is 0 Å². The Hall–Kier alpha value is -3.29. The highest BCUT2D eigenvalue weighted by Gasteiger charge is 2.47. The van der Waals surface area contributed by atoms with Crippen molar-refractivity contribution in [2.75, 3.05) is 26.4 Å². The molecule has 2 aromatic carbocycles. The minimum atomic E-state index is -1.16. The molecule has 1 atom stereocenters. The molecule has 2 amide bonds. The van der Waals surface area contributed by atoms with E-state index in [9.17, 15) is 14.4 Å². The van der Waals surface area contributed by atoms with Crippen molar-refractivity contribution in [3.8, 4) is 0 Å². The summed E-state index contributed by atoms with van der Waals surface area (Å²) in [5, 5.41) is 0. The minimum absolute atomic E-state index is 0.0378. The number of esters is 1. The van der Waals surface area contributed by atoms with Crippen LogP contribution in [0.4, 0.5) is 0 Å². The van der Waals surface area contributed by atoms with Gasteiger partial charge in [-0.15, -0.1) is 0 Å². The molecule has 0 N–H and O–H groups in total. The summed E-state index contributed by atoms with van der Waals surface area (Å²) in [4.78, 5) is 40.9. The Balaban J connectivity index is 1.64. The Kier molecular flexibility index (Phi) is 6.72. The molecule has 4 rings (SSSR count). The fourth-order valence-electron chi connectivity index (χ4n) is 4.35. The molecule has 1 fully saturated rings. The quantitative estimate of drug-likeness (QED) is 0.454. The van der Waals surface area contributed by atoms with Gasteiger partial charge in [0, 0.05) is 6.54 Å². The van der Waals surface area contributed by atoms with E-state index < -0.39 is 17.7 Å². The number of rotatable bonds is 8. The number of nitrogens with zero attached hydrogens (tertiary/aromatic N) is 1. The summed E-state index contributed by atoms with van der Waals surface area (Å²) in [6, 6.07) is 18.3. The third kappa shape index (κ3) is 4.47. The Labute approximate surface area is 192 Å². The van der Waals surface area contributed by atoms with Crippen molar-refractivity contribution in [1.82, 2.24) is 4.90 Å². The summed E-state index contributed by atoms with van der Waals surface area (Å²) < 4.78 is 16.6. The van der Waals surface area contributed by atoms with Gasteiger partial charge in [0.05, 0.1) is 31.0 Å². The maximum absolute atomic E-state index is 13.5.